The number of nitrogens with one attached hydrogen (secondary N) is 1. The molecule has 7 heavy (non-hydrogen) atoms. The van der Waals surface area contributed by atoms with Crippen molar-refractivity contribution in [1.82, 2.24) is 5.32 Å². The minimum Gasteiger partial charge on any atom is -0.305 e. The molecule has 40 valence electrons. The van der Waals surface area contributed by atoms with Crippen molar-refractivity contribution in [2.75, 3.05) is 0 Å². The molecule has 0 amide bonds. The Balaban J connectivity index is 2.42. The Morgan fingerprint density at radius 2 is 1.57 bits per heavy atom. The van der Waals surface area contributed by atoms with E-state index in [9.17, 15) is 0 Å². The van der Waals surface area contributed by atoms with E-state index in [-0.39, 0.29) is 0 Å². The van der Waals surface area contributed by atoms with Gasteiger partial charge < -0.3 is 5.32 Å². The average Bonchev–Trinajstić information content (AvgIpc) is 1.87. The molecule has 0 saturated carbocycles. The van der Waals surface area contributed by atoms with Crippen LogP contribution >= 0.6 is 0 Å². The third kappa shape index (κ3) is 1.03. The lowest BCUT2D eigenvalue weighted by molar-refractivity contribution is 0.628. The highest BCUT2D eigenvalue weighted by Gasteiger charge is 2.06. The molecule has 1 aliphatic rings. The van der Waals surface area contributed by atoms with Crippen LogP contribution in [-0.2, 0) is 0 Å². The lowest BCUT2D eigenvalue weighted by Crippen LogP contribution is -2.25. The molecule has 0 radical (unpaired) electrons. The van der Waals surface area contributed by atoms with Gasteiger partial charge in [0.1, 0.15) is 0 Å². The predicted octanol–water partition coefficient (Wildman–Crippen LogP) is 0.923. The zero-order valence-electron chi connectivity index (χ0n) is 4.81. The van der Waals surface area contributed by atoms with Crippen molar-refractivity contribution in [1.29, 1.82) is 0 Å². The summed E-state index contributed by atoms with van der Waals surface area (Å²) in [6.45, 7) is 4.31. The fourth-order valence-electron chi connectivity index (χ4n) is 0.859. The van der Waals surface area contributed by atoms with E-state index in [1.54, 1.807) is 0 Å². The van der Waals surface area contributed by atoms with E-state index in [4.69, 9.17) is 0 Å². The normalized spacial score (nSPS) is 39.7. The highest BCUT2D eigenvalue weighted by atomic mass is 14.9. The molecule has 0 saturated heterocycles. The van der Waals surface area contributed by atoms with Gasteiger partial charge in [0.25, 0.3) is 0 Å². The molecule has 1 N–H and O–H groups in total. The van der Waals surface area contributed by atoms with Gasteiger partial charge >= 0.3 is 0 Å². The van der Waals surface area contributed by atoms with Crippen LogP contribution in [0.1, 0.15) is 13.8 Å². The second kappa shape index (κ2) is 1.66. The first kappa shape index (κ1) is 4.85. The van der Waals surface area contributed by atoms with Crippen LogP contribution in [0.5, 0.6) is 0 Å². The van der Waals surface area contributed by atoms with Crippen LogP contribution < -0.4 is 5.32 Å². The van der Waals surface area contributed by atoms with Gasteiger partial charge in [0.15, 0.2) is 0 Å². The van der Waals surface area contributed by atoms with Crippen molar-refractivity contribution in [2.45, 2.75) is 25.9 Å². The monoisotopic (exact) mass is 97.1 g/mol. The van der Waals surface area contributed by atoms with Crippen molar-refractivity contribution in [2.24, 2.45) is 0 Å². The molecular formula is C6H11N. The Morgan fingerprint density at radius 1 is 1.14 bits per heavy atom. The standard InChI is InChI=1S/C6H11N/c1-5-3-4-6(2)7-5/h3-7H,1-2H3/t5-,6?/m1/s1. The van der Waals surface area contributed by atoms with Crippen LogP contribution in [-0.4, -0.2) is 12.1 Å². The van der Waals surface area contributed by atoms with E-state index < -0.39 is 0 Å². The average molecular weight is 97.2 g/mol. The quantitative estimate of drug-likeness (QED) is 0.443. The van der Waals surface area contributed by atoms with Crippen LogP contribution in [0.25, 0.3) is 0 Å². The minimum absolute atomic E-state index is 0.593. The highest BCUT2D eigenvalue weighted by Crippen LogP contribution is 1.98. The highest BCUT2D eigenvalue weighted by molar-refractivity contribution is 5.04. The molecular weight excluding hydrogens is 86.1 g/mol. The zero-order valence-corrected chi connectivity index (χ0v) is 4.81. The Hall–Kier alpha value is -0.300. The molecule has 1 heteroatoms. The van der Waals surface area contributed by atoms with Crippen LogP contribution in [0.4, 0.5) is 0 Å². The molecule has 1 heterocycles. The van der Waals surface area contributed by atoms with E-state index in [1.165, 1.54) is 0 Å². The molecule has 0 spiro atoms. The fourth-order valence-corrected chi connectivity index (χ4v) is 0.859. The zero-order chi connectivity index (χ0) is 5.28. The van der Waals surface area contributed by atoms with Gasteiger partial charge in [0.2, 0.25) is 0 Å². The molecule has 0 aromatic carbocycles. The minimum atomic E-state index is 0.593. The molecule has 1 nitrogen and oxygen atoms in total. The third-order valence-electron chi connectivity index (χ3n) is 1.21. The molecule has 0 bridgehead atoms. The van der Waals surface area contributed by atoms with Crippen molar-refractivity contribution in [3.05, 3.63) is 12.2 Å². The van der Waals surface area contributed by atoms with Crippen molar-refractivity contribution >= 4 is 0 Å². The fraction of sp³-hybridized carbons (Fsp3) is 0.667. The molecule has 0 aromatic heterocycles. The van der Waals surface area contributed by atoms with E-state index in [2.05, 4.69) is 31.3 Å². The van der Waals surface area contributed by atoms with E-state index >= 15 is 0 Å². The first-order valence-corrected chi connectivity index (χ1v) is 2.73. The summed E-state index contributed by atoms with van der Waals surface area (Å²) in [5.74, 6) is 0. The summed E-state index contributed by atoms with van der Waals surface area (Å²) in [7, 11) is 0. The maximum atomic E-state index is 3.31. The van der Waals surface area contributed by atoms with Crippen LogP contribution in [0.3, 0.4) is 0 Å². The molecule has 1 aliphatic heterocycles. The van der Waals surface area contributed by atoms with Crippen LogP contribution in [0, 0.1) is 0 Å². The first-order chi connectivity index (χ1) is 3.29. The maximum absolute atomic E-state index is 3.31. The Bertz CT molecular complexity index is 76.2. The topological polar surface area (TPSA) is 12.0 Å². The summed E-state index contributed by atoms with van der Waals surface area (Å²) >= 11 is 0. The summed E-state index contributed by atoms with van der Waals surface area (Å²) in [5, 5.41) is 3.31. The Kier molecular flexibility index (Phi) is 1.15. The summed E-state index contributed by atoms with van der Waals surface area (Å²) in [5.41, 5.74) is 0. The van der Waals surface area contributed by atoms with E-state index in [1.807, 2.05) is 0 Å². The van der Waals surface area contributed by atoms with Crippen LogP contribution in [0.15, 0.2) is 12.2 Å². The van der Waals surface area contributed by atoms with Crippen LogP contribution in [0.2, 0.25) is 0 Å². The van der Waals surface area contributed by atoms with Gasteiger partial charge in [-0.1, -0.05) is 12.2 Å². The van der Waals surface area contributed by atoms with Gasteiger partial charge in [-0.15, -0.1) is 0 Å². The second-order valence-corrected chi connectivity index (χ2v) is 2.13. The van der Waals surface area contributed by atoms with Gasteiger partial charge in [-0.25, -0.2) is 0 Å². The van der Waals surface area contributed by atoms with E-state index in [0.717, 1.165) is 0 Å². The molecule has 0 fully saturated rings. The Morgan fingerprint density at radius 3 is 1.71 bits per heavy atom. The summed E-state index contributed by atoms with van der Waals surface area (Å²) in [4.78, 5) is 0. The first-order valence-electron chi connectivity index (χ1n) is 2.73. The number of rotatable bonds is 0. The third-order valence-corrected chi connectivity index (χ3v) is 1.21. The molecule has 0 aromatic rings. The molecule has 1 rings (SSSR count). The summed E-state index contributed by atoms with van der Waals surface area (Å²) in [6, 6.07) is 1.19. The van der Waals surface area contributed by atoms with Gasteiger partial charge in [0.05, 0.1) is 0 Å². The van der Waals surface area contributed by atoms with Crippen molar-refractivity contribution < 1.29 is 0 Å². The molecule has 2 atom stereocenters. The van der Waals surface area contributed by atoms with Gasteiger partial charge in [-0.3, -0.25) is 0 Å². The van der Waals surface area contributed by atoms with Gasteiger partial charge in [-0.05, 0) is 13.8 Å². The Labute approximate surface area is 44.4 Å². The van der Waals surface area contributed by atoms with Gasteiger partial charge in [-0.2, -0.15) is 0 Å². The van der Waals surface area contributed by atoms with Crippen molar-refractivity contribution in [3.63, 3.8) is 0 Å². The maximum Gasteiger partial charge on any atom is 0.0227 e. The lowest BCUT2D eigenvalue weighted by Gasteiger charge is -2.02. The second-order valence-electron chi connectivity index (χ2n) is 2.13. The predicted molar refractivity (Wildman–Crippen MR) is 31.2 cm³/mol. The SMILES string of the molecule is CC1C=C[C@@H](C)N1. The van der Waals surface area contributed by atoms with Crippen molar-refractivity contribution in [3.8, 4) is 0 Å². The lowest BCUT2D eigenvalue weighted by atomic mass is 10.4. The largest absolute Gasteiger partial charge is 0.305 e. The molecule has 0 aliphatic carbocycles. The summed E-state index contributed by atoms with van der Waals surface area (Å²) < 4.78 is 0. The molecule has 1 unspecified atom stereocenters. The number of hydrogen-bond donors (Lipinski definition) is 1. The smallest absolute Gasteiger partial charge is 0.0227 e. The van der Waals surface area contributed by atoms with Gasteiger partial charge in [0, 0.05) is 12.1 Å². The summed E-state index contributed by atoms with van der Waals surface area (Å²) in [6.07, 6.45) is 4.37. The number of hydrogen-bond acceptors (Lipinski definition) is 1. The van der Waals surface area contributed by atoms with E-state index in [0.29, 0.717) is 12.1 Å².